The average molecular weight is 350 g/mol. The molecular weight excluding hydrogens is 328 g/mol. The molecule has 2 heterocycles. The minimum Gasteiger partial charge on any atom is -0.474 e. The Kier molecular flexibility index (Phi) is 4.49. The third-order valence-corrected chi connectivity index (χ3v) is 5.92. The molecule has 1 N–H and O–H groups in total. The second-order valence-electron chi connectivity index (χ2n) is 6.14. The lowest BCUT2D eigenvalue weighted by atomic mass is 10.3. The molecule has 0 saturated heterocycles. The van der Waals surface area contributed by atoms with Gasteiger partial charge in [-0.1, -0.05) is 0 Å². The molecule has 1 aliphatic rings. The highest BCUT2D eigenvalue weighted by atomic mass is 32.2. The van der Waals surface area contributed by atoms with Crippen LogP contribution in [0.1, 0.15) is 37.1 Å². The van der Waals surface area contributed by atoms with Crippen LogP contribution in [0.15, 0.2) is 23.2 Å². The Hall–Kier alpha value is -2.09. The van der Waals surface area contributed by atoms with Crippen LogP contribution in [-0.2, 0) is 17.1 Å². The Labute approximate surface area is 142 Å². The molecule has 0 spiro atoms. The SMILES string of the molecule is Cc1nn(C)c(C)c1S(=O)(=O)Nc1ccc(OC2CCCC2)nc1. The molecule has 1 fully saturated rings. The molecule has 2 aromatic heterocycles. The van der Waals surface area contributed by atoms with E-state index in [0.717, 1.165) is 12.8 Å². The molecule has 8 heteroatoms. The van der Waals surface area contributed by atoms with E-state index in [4.69, 9.17) is 4.74 Å². The highest BCUT2D eigenvalue weighted by molar-refractivity contribution is 7.92. The highest BCUT2D eigenvalue weighted by Gasteiger charge is 2.24. The van der Waals surface area contributed by atoms with Gasteiger partial charge in [-0.3, -0.25) is 9.40 Å². The number of aryl methyl sites for hydroxylation is 2. The van der Waals surface area contributed by atoms with Gasteiger partial charge in [0.1, 0.15) is 11.0 Å². The quantitative estimate of drug-likeness (QED) is 0.895. The van der Waals surface area contributed by atoms with Gasteiger partial charge in [0.05, 0.1) is 23.3 Å². The number of nitrogens with zero attached hydrogens (tertiary/aromatic N) is 3. The summed E-state index contributed by atoms with van der Waals surface area (Å²) in [4.78, 5) is 4.40. The predicted molar refractivity (Wildman–Crippen MR) is 90.6 cm³/mol. The summed E-state index contributed by atoms with van der Waals surface area (Å²) in [5.74, 6) is 0.526. The molecule has 0 atom stereocenters. The molecule has 0 amide bonds. The second kappa shape index (κ2) is 6.43. The normalized spacial score (nSPS) is 15.6. The van der Waals surface area contributed by atoms with Crippen molar-refractivity contribution >= 4 is 15.7 Å². The molecule has 7 nitrogen and oxygen atoms in total. The average Bonchev–Trinajstić information content (AvgIpc) is 3.10. The number of pyridine rings is 1. The maximum absolute atomic E-state index is 12.6. The Bertz CT molecular complexity index is 822. The Morgan fingerprint density at radius 1 is 1.25 bits per heavy atom. The van der Waals surface area contributed by atoms with Crippen molar-refractivity contribution < 1.29 is 13.2 Å². The number of anilines is 1. The number of rotatable bonds is 5. The molecule has 1 aliphatic carbocycles. The van der Waals surface area contributed by atoms with Crippen LogP contribution in [0.25, 0.3) is 0 Å². The van der Waals surface area contributed by atoms with Gasteiger partial charge in [0.15, 0.2) is 0 Å². The Morgan fingerprint density at radius 2 is 1.96 bits per heavy atom. The van der Waals surface area contributed by atoms with Crippen LogP contribution in [0.3, 0.4) is 0 Å². The molecule has 24 heavy (non-hydrogen) atoms. The lowest BCUT2D eigenvalue weighted by Gasteiger charge is -2.13. The molecule has 0 aliphatic heterocycles. The Morgan fingerprint density at radius 3 is 2.50 bits per heavy atom. The van der Waals surface area contributed by atoms with Crippen molar-refractivity contribution in [1.29, 1.82) is 0 Å². The summed E-state index contributed by atoms with van der Waals surface area (Å²) in [6, 6.07) is 3.36. The number of hydrogen-bond donors (Lipinski definition) is 1. The van der Waals surface area contributed by atoms with Crippen LogP contribution >= 0.6 is 0 Å². The van der Waals surface area contributed by atoms with Crippen molar-refractivity contribution in [2.24, 2.45) is 7.05 Å². The zero-order chi connectivity index (χ0) is 17.3. The second-order valence-corrected chi connectivity index (χ2v) is 7.76. The van der Waals surface area contributed by atoms with Crippen molar-refractivity contribution in [3.8, 4) is 5.88 Å². The zero-order valence-corrected chi connectivity index (χ0v) is 14.9. The van der Waals surface area contributed by atoms with Gasteiger partial charge in [-0.05, 0) is 45.6 Å². The van der Waals surface area contributed by atoms with Crippen molar-refractivity contribution in [3.63, 3.8) is 0 Å². The molecular formula is C16H22N4O3S. The van der Waals surface area contributed by atoms with E-state index in [9.17, 15) is 8.42 Å². The molecule has 0 unspecified atom stereocenters. The van der Waals surface area contributed by atoms with E-state index in [1.165, 1.54) is 19.0 Å². The third-order valence-electron chi connectivity index (χ3n) is 4.29. The molecule has 1 saturated carbocycles. The van der Waals surface area contributed by atoms with Gasteiger partial charge < -0.3 is 4.74 Å². The van der Waals surface area contributed by atoms with Gasteiger partial charge in [0.25, 0.3) is 10.0 Å². The van der Waals surface area contributed by atoms with Crippen LogP contribution in [-0.4, -0.2) is 29.3 Å². The molecule has 130 valence electrons. The maximum atomic E-state index is 12.6. The molecule has 0 bridgehead atoms. The number of sulfonamides is 1. The predicted octanol–water partition coefficient (Wildman–Crippen LogP) is 2.55. The molecule has 0 aromatic carbocycles. The van der Waals surface area contributed by atoms with E-state index in [0.29, 0.717) is 23.0 Å². The van der Waals surface area contributed by atoms with E-state index in [1.807, 2.05) is 0 Å². The smallest absolute Gasteiger partial charge is 0.265 e. The Balaban J connectivity index is 1.75. The highest BCUT2D eigenvalue weighted by Crippen LogP contribution is 2.25. The largest absolute Gasteiger partial charge is 0.474 e. The van der Waals surface area contributed by atoms with Gasteiger partial charge in [0, 0.05) is 13.1 Å². The lowest BCUT2D eigenvalue weighted by molar-refractivity contribution is 0.201. The number of hydrogen-bond acceptors (Lipinski definition) is 5. The molecule has 3 rings (SSSR count). The summed E-state index contributed by atoms with van der Waals surface area (Å²) < 4.78 is 35.1. The topological polar surface area (TPSA) is 86.1 Å². The van der Waals surface area contributed by atoms with Gasteiger partial charge in [-0.2, -0.15) is 5.10 Å². The van der Waals surface area contributed by atoms with Crippen molar-refractivity contribution in [2.45, 2.75) is 50.5 Å². The van der Waals surface area contributed by atoms with Gasteiger partial charge in [0.2, 0.25) is 5.88 Å². The van der Waals surface area contributed by atoms with Gasteiger partial charge >= 0.3 is 0 Å². The van der Waals surface area contributed by atoms with E-state index in [1.54, 1.807) is 37.7 Å². The number of ether oxygens (including phenoxy) is 1. The fraction of sp³-hybridized carbons (Fsp3) is 0.500. The van der Waals surface area contributed by atoms with Crippen LogP contribution in [0.2, 0.25) is 0 Å². The third kappa shape index (κ3) is 3.38. The minimum atomic E-state index is -3.70. The van der Waals surface area contributed by atoms with E-state index >= 15 is 0 Å². The summed E-state index contributed by atoms with van der Waals surface area (Å²) in [6.07, 6.45) is 6.17. The summed E-state index contributed by atoms with van der Waals surface area (Å²) in [6.45, 7) is 3.41. The zero-order valence-electron chi connectivity index (χ0n) is 14.1. The monoisotopic (exact) mass is 350 g/mol. The molecule has 0 radical (unpaired) electrons. The maximum Gasteiger partial charge on any atom is 0.265 e. The van der Waals surface area contributed by atoms with Crippen LogP contribution in [0, 0.1) is 13.8 Å². The summed E-state index contributed by atoms with van der Waals surface area (Å²) in [5.41, 5.74) is 1.46. The van der Waals surface area contributed by atoms with Gasteiger partial charge in [-0.25, -0.2) is 13.4 Å². The summed E-state index contributed by atoms with van der Waals surface area (Å²) >= 11 is 0. The lowest BCUT2D eigenvalue weighted by Crippen LogP contribution is -2.15. The van der Waals surface area contributed by atoms with Crippen LogP contribution < -0.4 is 9.46 Å². The first kappa shape index (κ1) is 16.8. The summed E-state index contributed by atoms with van der Waals surface area (Å²) in [5, 5.41) is 4.15. The first-order valence-electron chi connectivity index (χ1n) is 8.02. The standard InChI is InChI=1S/C16H22N4O3S/c1-11-16(12(2)20(3)18-11)24(21,22)19-13-8-9-15(17-10-13)23-14-6-4-5-7-14/h8-10,14,19H,4-7H2,1-3H3. The summed E-state index contributed by atoms with van der Waals surface area (Å²) in [7, 11) is -1.98. The fourth-order valence-electron chi connectivity index (χ4n) is 3.04. The fourth-order valence-corrected chi connectivity index (χ4v) is 4.52. The van der Waals surface area contributed by atoms with E-state index in [-0.39, 0.29) is 11.0 Å². The van der Waals surface area contributed by atoms with E-state index < -0.39 is 10.0 Å². The van der Waals surface area contributed by atoms with Crippen molar-refractivity contribution in [1.82, 2.24) is 14.8 Å². The number of nitrogens with one attached hydrogen (secondary N) is 1. The van der Waals surface area contributed by atoms with Crippen molar-refractivity contribution in [3.05, 3.63) is 29.7 Å². The first-order chi connectivity index (χ1) is 11.4. The van der Waals surface area contributed by atoms with Gasteiger partial charge in [-0.15, -0.1) is 0 Å². The van der Waals surface area contributed by atoms with Crippen LogP contribution in [0.4, 0.5) is 5.69 Å². The van der Waals surface area contributed by atoms with Crippen molar-refractivity contribution in [2.75, 3.05) is 4.72 Å². The van der Waals surface area contributed by atoms with Crippen LogP contribution in [0.5, 0.6) is 5.88 Å². The van der Waals surface area contributed by atoms with E-state index in [2.05, 4.69) is 14.8 Å². The molecule has 2 aromatic rings. The first-order valence-corrected chi connectivity index (χ1v) is 9.51. The minimum absolute atomic E-state index is 0.205. The number of aromatic nitrogens is 3.